The summed E-state index contributed by atoms with van der Waals surface area (Å²) < 4.78 is 4.74. The molecule has 0 aliphatic heterocycles. The highest BCUT2D eigenvalue weighted by Crippen LogP contribution is 1.88. The highest BCUT2D eigenvalue weighted by atomic mass is 16.5. The second-order valence-electron chi connectivity index (χ2n) is 2.61. The molecule has 0 fully saturated rings. The van der Waals surface area contributed by atoms with Crippen molar-refractivity contribution in [2.75, 3.05) is 13.2 Å². The molecule has 1 N–H and O–H groups in total. The topological polar surface area (TPSA) is 64.1 Å². The van der Waals surface area contributed by atoms with Crippen LogP contribution in [0.1, 0.15) is 12.6 Å². The third kappa shape index (κ3) is 3.95. The van der Waals surface area contributed by atoms with Crippen molar-refractivity contribution >= 4 is 5.97 Å². The molecule has 5 nitrogen and oxygen atoms in total. The molecular weight excluding hydrogens is 182 g/mol. The van der Waals surface area contributed by atoms with Gasteiger partial charge in [0, 0.05) is 25.1 Å². The molecule has 0 aliphatic rings. The smallest absolute Gasteiger partial charge is 0.319 e. The summed E-state index contributed by atoms with van der Waals surface area (Å²) >= 11 is 0. The van der Waals surface area contributed by atoms with Gasteiger partial charge in [-0.05, 0) is 6.92 Å². The molecule has 14 heavy (non-hydrogen) atoms. The minimum atomic E-state index is -0.253. The van der Waals surface area contributed by atoms with Gasteiger partial charge < -0.3 is 10.1 Å². The van der Waals surface area contributed by atoms with Gasteiger partial charge in [0.25, 0.3) is 0 Å². The zero-order chi connectivity index (χ0) is 10.2. The Morgan fingerprint density at radius 3 is 3.07 bits per heavy atom. The SMILES string of the molecule is CCOC(=O)CNCc1cnccn1. The maximum Gasteiger partial charge on any atom is 0.319 e. The molecule has 0 radical (unpaired) electrons. The molecule has 0 amide bonds. The number of esters is 1. The number of hydrogen-bond donors (Lipinski definition) is 1. The third-order valence-corrected chi connectivity index (χ3v) is 1.50. The van der Waals surface area contributed by atoms with Crippen molar-refractivity contribution in [1.29, 1.82) is 0 Å². The highest BCUT2D eigenvalue weighted by Gasteiger charge is 2.00. The van der Waals surface area contributed by atoms with Crippen molar-refractivity contribution in [2.45, 2.75) is 13.5 Å². The highest BCUT2D eigenvalue weighted by molar-refractivity contribution is 5.71. The molecule has 76 valence electrons. The summed E-state index contributed by atoms with van der Waals surface area (Å²) in [6.07, 6.45) is 4.87. The van der Waals surface area contributed by atoms with Gasteiger partial charge in [0.15, 0.2) is 0 Å². The second-order valence-corrected chi connectivity index (χ2v) is 2.61. The number of aromatic nitrogens is 2. The molecular formula is C9H13N3O2. The lowest BCUT2D eigenvalue weighted by atomic mass is 10.4. The van der Waals surface area contributed by atoms with E-state index in [1.807, 2.05) is 0 Å². The van der Waals surface area contributed by atoms with Crippen molar-refractivity contribution in [3.05, 3.63) is 24.3 Å². The standard InChI is InChI=1S/C9H13N3O2/c1-2-14-9(13)7-11-6-8-5-10-3-4-12-8/h3-5,11H,2,6-7H2,1H3. The molecule has 0 saturated heterocycles. The minimum Gasteiger partial charge on any atom is -0.465 e. The first kappa shape index (κ1) is 10.6. The van der Waals surface area contributed by atoms with Crippen LogP contribution in [0.15, 0.2) is 18.6 Å². The molecule has 1 aromatic rings. The lowest BCUT2D eigenvalue weighted by molar-refractivity contribution is -0.142. The zero-order valence-electron chi connectivity index (χ0n) is 8.06. The van der Waals surface area contributed by atoms with Gasteiger partial charge in [-0.1, -0.05) is 0 Å². The molecule has 0 bridgehead atoms. The number of nitrogens with one attached hydrogen (secondary N) is 1. The normalized spacial score (nSPS) is 9.79. The number of carbonyl (C=O) groups is 1. The maximum absolute atomic E-state index is 10.9. The molecule has 5 heteroatoms. The van der Waals surface area contributed by atoms with Crippen molar-refractivity contribution in [2.24, 2.45) is 0 Å². The van der Waals surface area contributed by atoms with Gasteiger partial charge in [0.05, 0.1) is 18.8 Å². The molecule has 1 aromatic heterocycles. The van der Waals surface area contributed by atoms with Crippen molar-refractivity contribution in [3.8, 4) is 0 Å². The van der Waals surface area contributed by atoms with Gasteiger partial charge in [-0.15, -0.1) is 0 Å². The van der Waals surface area contributed by atoms with Crippen LogP contribution in [0.5, 0.6) is 0 Å². The van der Waals surface area contributed by atoms with Gasteiger partial charge >= 0.3 is 5.97 Å². The Morgan fingerprint density at radius 2 is 2.43 bits per heavy atom. The van der Waals surface area contributed by atoms with E-state index in [-0.39, 0.29) is 12.5 Å². The van der Waals surface area contributed by atoms with Crippen LogP contribution in [0.3, 0.4) is 0 Å². The molecule has 0 unspecified atom stereocenters. The van der Waals surface area contributed by atoms with E-state index in [4.69, 9.17) is 4.74 Å². The monoisotopic (exact) mass is 195 g/mol. The van der Waals surface area contributed by atoms with Crippen LogP contribution in [-0.4, -0.2) is 29.1 Å². The predicted octanol–water partition coefficient (Wildman–Crippen LogP) is 0.129. The van der Waals surface area contributed by atoms with Crippen LogP contribution in [0.25, 0.3) is 0 Å². The average molecular weight is 195 g/mol. The summed E-state index contributed by atoms with van der Waals surface area (Å²) in [6, 6.07) is 0. The van der Waals surface area contributed by atoms with E-state index < -0.39 is 0 Å². The van der Waals surface area contributed by atoms with Crippen LogP contribution in [0.4, 0.5) is 0 Å². The van der Waals surface area contributed by atoms with E-state index in [2.05, 4.69) is 15.3 Å². The maximum atomic E-state index is 10.9. The summed E-state index contributed by atoms with van der Waals surface area (Å²) in [5, 5.41) is 2.91. The number of nitrogens with zero attached hydrogens (tertiary/aromatic N) is 2. The Bertz CT molecular complexity index is 277. The number of hydrogen-bond acceptors (Lipinski definition) is 5. The van der Waals surface area contributed by atoms with E-state index in [0.717, 1.165) is 5.69 Å². The third-order valence-electron chi connectivity index (χ3n) is 1.50. The van der Waals surface area contributed by atoms with Crippen LogP contribution in [-0.2, 0) is 16.1 Å². The molecule has 0 aliphatic carbocycles. The lowest BCUT2D eigenvalue weighted by Crippen LogP contribution is -2.24. The fourth-order valence-corrected chi connectivity index (χ4v) is 0.926. The Labute approximate surface area is 82.5 Å². The molecule has 1 heterocycles. The van der Waals surface area contributed by atoms with E-state index >= 15 is 0 Å². The Kier molecular flexibility index (Phi) is 4.57. The molecule has 0 aromatic carbocycles. The number of ether oxygens (including phenoxy) is 1. The fraction of sp³-hybridized carbons (Fsp3) is 0.444. The Balaban J connectivity index is 2.19. The van der Waals surface area contributed by atoms with Gasteiger partial charge in [0.2, 0.25) is 0 Å². The first-order chi connectivity index (χ1) is 6.83. The van der Waals surface area contributed by atoms with E-state index in [1.54, 1.807) is 25.5 Å². The van der Waals surface area contributed by atoms with Gasteiger partial charge in [-0.3, -0.25) is 14.8 Å². The predicted molar refractivity (Wildman–Crippen MR) is 50.4 cm³/mol. The van der Waals surface area contributed by atoms with E-state index in [9.17, 15) is 4.79 Å². The summed E-state index contributed by atoms with van der Waals surface area (Å²) in [5.41, 5.74) is 0.803. The Hall–Kier alpha value is -1.49. The summed E-state index contributed by atoms with van der Waals surface area (Å²) in [7, 11) is 0. The molecule has 0 spiro atoms. The first-order valence-corrected chi connectivity index (χ1v) is 4.44. The van der Waals surface area contributed by atoms with Gasteiger partial charge in [0.1, 0.15) is 0 Å². The van der Waals surface area contributed by atoms with Gasteiger partial charge in [-0.25, -0.2) is 0 Å². The summed E-state index contributed by atoms with van der Waals surface area (Å²) in [5.74, 6) is -0.253. The number of carbonyl (C=O) groups excluding carboxylic acids is 1. The average Bonchev–Trinajstić information content (AvgIpc) is 2.20. The quantitative estimate of drug-likeness (QED) is 0.676. The van der Waals surface area contributed by atoms with E-state index in [0.29, 0.717) is 13.2 Å². The van der Waals surface area contributed by atoms with Gasteiger partial charge in [-0.2, -0.15) is 0 Å². The van der Waals surface area contributed by atoms with Crippen LogP contribution >= 0.6 is 0 Å². The first-order valence-electron chi connectivity index (χ1n) is 4.44. The minimum absolute atomic E-state index is 0.199. The number of rotatable bonds is 5. The van der Waals surface area contributed by atoms with Crippen molar-refractivity contribution < 1.29 is 9.53 Å². The molecule has 0 atom stereocenters. The van der Waals surface area contributed by atoms with Crippen LogP contribution < -0.4 is 5.32 Å². The fourth-order valence-electron chi connectivity index (χ4n) is 0.926. The molecule has 1 rings (SSSR count). The van der Waals surface area contributed by atoms with E-state index in [1.165, 1.54) is 0 Å². The summed E-state index contributed by atoms with van der Waals surface area (Å²) in [6.45, 7) is 2.91. The van der Waals surface area contributed by atoms with Crippen LogP contribution in [0, 0.1) is 0 Å². The lowest BCUT2D eigenvalue weighted by Gasteiger charge is -2.03. The second kappa shape index (κ2) is 6.04. The van der Waals surface area contributed by atoms with Crippen molar-refractivity contribution in [1.82, 2.24) is 15.3 Å². The van der Waals surface area contributed by atoms with Crippen molar-refractivity contribution in [3.63, 3.8) is 0 Å². The summed E-state index contributed by atoms with van der Waals surface area (Å²) in [4.78, 5) is 18.9. The Morgan fingerprint density at radius 1 is 1.57 bits per heavy atom. The molecule has 0 saturated carbocycles. The van der Waals surface area contributed by atoms with Crippen LogP contribution in [0.2, 0.25) is 0 Å². The zero-order valence-corrected chi connectivity index (χ0v) is 8.06. The largest absolute Gasteiger partial charge is 0.465 e.